The number of benzene rings is 1. The quantitative estimate of drug-likeness (QED) is 0.472. The molecule has 0 saturated carbocycles. The van der Waals surface area contributed by atoms with Crippen molar-refractivity contribution in [2.45, 2.75) is 40.5 Å². The second-order valence-electron chi connectivity index (χ2n) is 6.51. The number of carbonyl (C=O) groups excluding carboxylic acids is 1. The highest BCUT2D eigenvalue weighted by atomic mass is 16.5. The molecule has 0 unspecified atom stereocenters. The number of carbonyl (C=O) groups is 1. The highest BCUT2D eigenvalue weighted by molar-refractivity contribution is 5.71. The van der Waals surface area contributed by atoms with Gasteiger partial charge in [-0.25, -0.2) is 0 Å². The summed E-state index contributed by atoms with van der Waals surface area (Å²) < 4.78 is 11.3. The van der Waals surface area contributed by atoms with Gasteiger partial charge in [0.2, 0.25) is 0 Å². The Labute approximate surface area is 145 Å². The van der Waals surface area contributed by atoms with E-state index in [9.17, 15) is 4.79 Å². The molecule has 1 aromatic rings. The Bertz CT molecular complexity index is 566. The van der Waals surface area contributed by atoms with Crippen LogP contribution in [-0.4, -0.2) is 50.2 Å². The van der Waals surface area contributed by atoms with E-state index in [-0.39, 0.29) is 5.97 Å². The fourth-order valence-corrected chi connectivity index (χ4v) is 3.03. The number of hydrogen-bond donors (Lipinski definition) is 1. The van der Waals surface area contributed by atoms with Crippen LogP contribution in [-0.2, 0) is 4.79 Å². The summed E-state index contributed by atoms with van der Waals surface area (Å²) in [6.45, 7) is 13.7. The number of piperazine rings is 1. The number of esters is 1. The summed E-state index contributed by atoms with van der Waals surface area (Å²) in [6, 6.07) is 1.97. The number of unbranched alkanes of at least 4 members (excludes halogenated alkanes) is 1. The summed E-state index contributed by atoms with van der Waals surface area (Å²) in [5.74, 6) is 1.26. The number of nitrogens with zero attached hydrogens (tertiary/aromatic N) is 1. The van der Waals surface area contributed by atoms with Crippen molar-refractivity contribution in [3.8, 4) is 11.5 Å². The topological polar surface area (TPSA) is 50.8 Å². The molecule has 0 amide bonds. The van der Waals surface area contributed by atoms with Gasteiger partial charge in [0, 0.05) is 33.1 Å². The van der Waals surface area contributed by atoms with Crippen LogP contribution in [0.25, 0.3) is 0 Å². The van der Waals surface area contributed by atoms with Gasteiger partial charge in [0.1, 0.15) is 11.5 Å². The van der Waals surface area contributed by atoms with Crippen molar-refractivity contribution in [1.82, 2.24) is 10.2 Å². The molecule has 1 heterocycles. The largest absolute Gasteiger partial charge is 0.493 e. The molecule has 1 saturated heterocycles. The lowest BCUT2D eigenvalue weighted by atomic mass is 10.0. The molecule has 1 aliphatic heterocycles. The van der Waals surface area contributed by atoms with Gasteiger partial charge >= 0.3 is 5.97 Å². The lowest BCUT2D eigenvalue weighted by Gasteiger charge is -2.27. The first-order chi connectivity index (χ1) is 11.5. The Hall–Kier alpha value is -1.59. The van der Waals surface area contributed by atoms with Crippen LogP contribution in [0.1, 0.15) is 36.5 Å². The van der Waals surface area contributed by atoms with Crippen molar-refractivity contribution in [1.29, 1.82) is 0 Å². The predicted molar refractivity (Wildman–Crippen MR) is 96.0 cm³/mol. The maximum absolute atomic E-state index is 11.2. The zero-order valence-electron chi connectivity index (χ0n) is 15.4. The SMILES string of the molecule is CC(=O)Oc1c(C)cc(OCCCCN2CCNCC2)c(C)c1C. The maximum Gasteiger partial charge on any atom is 0.308 e. The molecular weight excluding hydrogens is 304 g/mol. The van der Waals surface area contributed by atoms with Crippen LogP contribution in [0.2, 0.25) is 0 Å². The Morgan fingerprint density at radius 2 is 1.88 bits per heavy atom. The van der Waals surface area contributed by atoms with E-state index in [1.807, 2.05) is 26.8 Å². The molecule has 0 spiro atoms. The summed E-state index contributed by atoms with van der Waals surface area (Å²) in [4.78, 5) is 13.7. The molecule has 2 rings (SSSR count). The van der Waals surface area contributed by atoms with E-state index in [1.165, 1.54) is 6.92 Å². The van der Waals surface area contributed by atoms with Crippen LogP contribution in [0, 0.1) is 20.8 Å². The Balaban J connectivity index is 1.82. The van der Waals surface area contributed by atoms with Gasteiger partial charge in [-0.1, -0.05) is 0 Å². The third-order valence-electron chi connectivity index (χ3n) is 4.56. The zero-order valence-corrected chi connectivity index (χ0v) is 15.4. The van der Waals surface area contributed by atoms with Crippen molar-refractivity contribution in [3.05, 3.63) is 22.8 Å². The first-order valence-corrected chi connectivity index (χ1v) is 8.84. The minimum absolute atomic E-state index is 0.290. The molecule has 1 N–H and O–H groups in total. The summed E-state index contributed by atoms with van der Waals surface area (Å²) in [5, 5.41) is 3.37. The van der Waals surface area contributed by atoms with Crippen molar-refractivity contribution < 1.29 is 14.3 Å². The average molecular weight is 334 g/mol. The lowest BCUT2D eigenvalue weighted by Crippen LogP contribution is -2.43. The minimum atomic E-state index is -0.290. The summed E-state index contributed by atoms with van der Waals surface area (Å²) in [7, 11) is 0. The fourth-order valence-electron chi connectivity index (χ4n) is 3.03. The fraction of sp³-hybridized carbons (Fsp3) is 0.632. The van der Waals surface area contributed by atoms with Crippen LogP contribution in [0.5, 0.6) is 11.5 Å². The van der Waals surface area contributed by atoms with Crippen molar-refractivity contribution in [2.75, 3.05) is 39.3 Å². The molecule has 0 atom stereocenters. The molecule has 5 heteroatoms. The number of aryl methyl sites for hydroxylation is 1. The minimum Gasteiger partial charge on any atom is -0.493 e. The summed E-state index contributed by atoms with van der Waals surface area (Å²) in [5.41, 5.74) is 2.95. The van der Waals surface area contributed by atoms with E-state index >= 15 is 0 Å². The maximum atomic E-state index is 11.2. The monoisotopic (exact) mass is 334 g/mol. The highest BCUT2D eigenvalue weighted by Crippen LogP contribution is 2.33. The van der Waals surface area contributed by atoms with Crippen LogP contribution >= 0.6 is 0 Å². The van der Waals surface area contributed by atoms with E-state index in [0.717, 1.165) is 74.6 Å². The molecule has 0 bridgehead atoms. The second kappa shape index (κ2) is 9.04. The van der Waals surface area contributed by atoms with Crippen LogP contribution in [0.15, 0.2) is 6.07 Å². The van der Waals surface area contributed by atoms with E-state index in [0.29, 0.717) is 5.75 Å². The molecular formula is C19H30N2O3. The van der Waals surface area contributed by atoms with Gasteiger partial charge in [-0.05, 0) is 62.9 Å². The van der Waals surface area contributed by atoms with Gasteiger partial charge in [0.25, 0.3) is 0 Å². The van der Waals surface area contributed by atoms with E-state index in [1.54, 1.807) is 0 Å². The van der Waals surface area contributed by atoms with Crippen molar-refractivity contribution >= 4 is 5.97 Å². The molecule has 0 radical (unpaired) electrons. The van der Waals surface area contributed by atoms with Gasteiger partial charge in [0.05, 0.1) is 6.61 Å². The summed E-state index contributed by atoms with van der Waals surface area (Å²) in [6.07, 6.45) is 2.20. The molecule has 0 aromatic heterocycles. The molecule has 1 fully saturated rings. The number of ether oxygens (including phenoxy) is 2. The van der Waals surface area contributed by atoms with Gasteiger partial charge in [-0.15, -0.1) is 0 Å². The second-order valence-corrected chi connectivity index (χ2v) is 6.51. The van der Waals surface area contributed by atoms with Crippen molar-refractivity contribution in [3.63, 3.8) is 0 Å². The smallest absolute Gasteiger partial charge is 0.308 e. The van der Waals surface area contributed by atoms with Gasteiger partial charge in [-0.3, -0.25) is 4.79 Å². The first kappa shape index (κ1) is 18.7. The third kappa shape index (κ3) is 5.21. The first-order valence-electron chi connectivity index (χ1n) is 8.84. The van der Waals surface area contributed by atoms with E-state index in [4.69, 9.17) is 9.47 Å². The average Bonchev–Trinajstić information content (AvgIpc) is 2.56. The van der Waals surface area contributed by atoms with E-state index < -0.39 is 0 Å². The Morgan fingerprint density at radius 1 is 1.17 bits per heavy atom. The third-order valence-corrected chi connectivity index (χ3v) is 4.56. The van der Waals surface area contributed by atoms with Crippen molar-refractivity contribution in [2.24, 2.45) is 0 Å². The normalized spacial score (nSPS) is 15.3. The van der Waals surface area contributed by atoms with Gasteiger partial charge in [0.15, 0.2) is 0 Å². The zero-order chi connectivity index (χ0) is 17.5. The Morgan fingerprint density at radius 3 is 2.54 bits per heavy atom. The van der Waals surface area contributed by atoms with Crippen LogP contribution in [0.3, 0.4) is 0 Å². The highest BCUT2D eigenvalue weighted by Gasteiger charge is 2.14. The molecule has 24 heavy (non-hydrogen) atoms. The molecule has 5 nitrogen and oxygen atoms in total. The number of hydrogen-bond acceptors (Lipinski definition) is 5. The molecule has 0 aliphatic carbocycles. The standard InChI is InChI=1S/C19H30N2O3/c1-14-13-18(15(2)16(3)19(14)24-17(4)22)23-12-6-5-9-21-10-7-20-8-11-21/h13,20H,5-12H2,1-4H3. The molecule has 1 aromatic carbocycles. The van der Waals surface area contributed by atoms with Gasteiger partial charge in [-0.2, -0.15) is 0 Å². The van der Waals surface area contributed by atoms with Gasteiger partial charge < -0.3 is 19.7 Å². The number of nitrogens with one attached hydrogen (secondary N) is 1. The van der Waals surface area contributed by atoms with E-state index in [2.05, 4.69) is 10.2 Å². The molecule has 1 aliphatic rings. The predicted octanol–water partition coefficient (Wildman–Crippen LogP) is 2.60. The van der Waals surface area contributed by atoms with Crippen LogP contribution < -0.4 is 14.8 Å². The summed E-state index contributed by atoms with van der Waals surface area (Å²) >= 11 is 0. The Kier molecular flexibility index (Phi) is 7.06. The number of rotatable bonds is 7. The van der Waals surface area contributed by atoms with Crippen LogP contribution in [0.4, 0.5) is 0 Å². The molecule has 134 valence electrons. The lowest BCUT2D eigenvalue weighted by molar-refractivity contribution is -0.131.